The van der Waals surface area contributed by atoms with Crippen LogP contribution in [0, 0.1) is 5.82 Å². The van der Waals surface area contributed by atoms with Crippen LogP contribution in [0.3, 0.4) is 0 Å². The van der Waals surface area contributed by atoms with Crippen molar-refractivity contribution in [3.8, 4) is 0 Å². The van der Waals surface area contributed by atoms with E-state index in [4.69, 9.17) is 0 Å². The Morgan fingerprint density at radius 3 is 2.29 bits per heavy atom. The molecular weight excluding hydrogens is 311 g/mol. The number of hydrogen-bond acceptors (Lipinski definition) is 3. The van der Waals surface area contributed by atoms with Gasteiger partial charge in [-0.25, -0.2) is 4.39 Å². The molecule has 0 radical (unpaired) electrons. The first-order chi connectivity index (χ1) is 11.5. The lowest BCUT2D eigenvalue weighted by atomic mass is 10.1. The van der Waals surface area contributed by atoms with Crippen LogP contribution in [0.15, 0.2) is 66.7 Å². The largest absolute Gasteiger partial charge is 0.387 e. The molecular formula is C18H17FN2O3. The van der Waals surface area contributed by atoms with Crippen molar-refractivity contribution in [3.63, 3.8) is 0 Å². The van der Waals surface area contributed by atoms with Crippen molar-refractivity contribution in [3.05, 3.63) is 78.1 Å². The summed E-state index contributed by atoms with van der Waals surface area (Å²) in [6, 6.07) is 14.2. The fourth-order valence-electron chi connectivity index (χ4n) is 1.92. The summed E-state index contributed by atoms with van der Waals surface area (Å²) in [7, 11) is 0. The predicted molar refractivity (Wildman–Crippen MR) is 88.6 cm³/mol. The normalized spacial score (nSPS) is 11.9. The lowest BCUT2D eigenvalue weighted by molar-refractivity contribution is -0.117. The third kappa shape index (κ3) is 5.66. The summed E-state index contributed by atoms with van der Waals surface area (Å²) in [5, 5.41) is 14.9. The van der Waals surface area contributed by atoms with Crippen molar-refractivity contribution in [1.29, 1.82) is 0 Å². The van der Waals surface area contributed by atoms with E-state index in [9.17, 15) is 19.1 Å². The molecule has 2 amide bonds. The molecule has 0 aliphatic heterocycles. The van der Waals surface area contributed by atoms with Crippen molar-refractivity contribution >= 4 is 17.5 Å². The van der Waals surface area contributed by atoms with Gasteiger partial charge in [0.25, 0.3) is 0 Å². The molecule has 2 aromatic carbocycles. The van der Waals surface area contributed by atoms with Crippen molar-refractivity contribution in [1.82, 2.24) is 5.32 Å². The van der Waals surface area contributed by atoms with Crippen molar-refractivity contribution < 1.29 is 19.1 Å². The number of aliphatic hydroxyl groups is 1. The third-order valence-electron chi connectivity index (χ3n) is 3.15. The summed E-state index contributed by atoms with van der Waals surface area (Å²) in [6.45, 7) is 0.0345. The van der Waals surface area contributed by atoms with Crippen LogP contribution in [-0.2, 0) is 9.59 Å². The summed E-state index contributed by atoms with van der Waals surface area (Å²) >= 11 is 0. The quantitative estimate of drug-likeness (QED) is 0.711. The number of nitrogens with one attached hydrogen (secondary N) is 2. The van der Waals surface area contributed by atoms with Crippen LogP contribution in [0.1, 0.15) is 11.7 Å². The Morgan fingerprint density at radius 1 is 1.00 bits per heavy atom. The maximum Gasteiger partial charge on any atom is 0.248 e. The van der Waals surface area contributed by atoms with Gasteiger partial charge in [-0.05, 0) is 29.8 Å². The molecule has 124 valence electrons. The van der Waals surface area contributed by atoms with E-state index in [0.717, 1.165) is 12.2 Å². The minimum absolute atomic E-state index is 0.0345. The Hall–Kier alpha value is -2.99. The Balaban J connectivity index is 1.77. The summed E-state index contributed by atoms with van der Waals surface area (Å²) in [4.78, 5) is 23.3. The van der Waals surface area contributed by atoms with Crippen molar-refractivity contribution in [2.75, 3.05) is 11.9 Å². The van der Waals surface area contributed by atoms with Gasteiger partial charge in [0.2, 0.25) is 11.8 Å². The number of carbonyl (C=O) groups is 2. The van der Waals surface area contributed by atoms with E-state index in [0.29, 0.717) is 11.3 Å². The van der Waals surface area contributed by atoms with E-state index >= 15 is 0 Å². The van der Waals surface area contributed by atoms with Gasteiger partial charge in [-0.3, -0.25) is 9.59 Å². The number of anilines is 1. The maximum atomic E-state index is 12.8. The summed E-state index contributed by atoms with van der Waals surface area (Å²) in [6.07, 6.45) is 1.31. The van der Waals surface area contributed by atoms with Crippen molar-refractivity contribution in [2.24, 2.45) is 0 Å². The van der Waals surface area contributed by atoms with Crippen LogP contribution in [0.5, 0.6) is 0 Å². The molecule has 2 rings (SSSR count). The summed E-state index contributed by atoms with van der Waals surface area (Å²) in [5.74, 6) is -1.42. The van der Waals surface area contributed by atoms with Crippen LogP contribution < -0.4 is 10.6 Å². The van der Waals surface area contributed by atoms with Crippen LogP contribution in [0.4, 0.5) is 10.1 Å². The maximum absolute atomic E-state index is 12.8. The van der Waals surface area contributed by atoms with E-state index in [1.807, 2.05) is 6.07 Å². The Kier molecular flexibility index (Phi) is 6.22. The zero-order valence-corrected chi connectivity index (χ0v) is 12.8. The zero-order chi connectivity index (χ0) is 17.4. The molecule has 0 fully saturated rings. The van der Waals surface area contributed by atoms with Crippen LogP contribution in [0.25, 0.3) is 0 Å². The molecule has 0 bridgehead atoms. The van der Waals surface area contributed by atoms with E-state index < -0.39 is 23.7 Å². The summed E-state index contributed by atoms with van der Waals surface area (Å²) in [5.41, 5.74) is 1.11. The topological polar surface area (TPSA) is 78.4 Å². The highest BCUT2D eigenvalue weighted by molar-refractivity contribution is 6.03. The Morgan fingerprint density at radius 2 is 1.62 bits per heavy atom. The number of hydrogen-bond donors (Lipinski definition) is 3. The van der Waals surface area contributed by atoms with Gasteiger partial charge in [-0.1, -0.05) is 30.3 Å². The number of rotatable bonds is 6. The molecule has 0 heterocycles. The van der Waals surface area contributed by atoms with E-state index in [1.54, 1.807) is 24.3 Å². The van der Waals surface area contributed by atoms with Gasteiger partial charge in [-0.2, -0.15) is 0 Å². The fraction of sp³-hybridized carbons (Fsp3) is 0.111. The van der Waals surface area contributed by atoms with Crippen LogP contribution in [0.2, 0.25) is 0 Å². The zero-order valence-electron chi connectivity index (χ0n) is 12.8. The molecule has 0 saturated heterocycles. The van der Waals surface area contributed by atoms with Gasteiger partial charge in [-0.15, -0.1) is 0 Å². The van der Waals surface area contributed by atoms with Crippen molar-refractivity contribution in [2.45, 2.75) is 6.10 Å². The Bertz CT molecular complexity index is 715. The second kappa shape index (κ2) is 8.59. The lowest BCUT2D eigenvalue weighted by Crippen LogP contribution is -2.27. The molecule has 0 spiro atoms. The first-order valence-corrected chi connectivity index (χ1v) is 7.30. The summed E-state index contributed by atoms with van der Waals surface area (Å²) < 4.78 is 12.8. The second-order valence-electron chi connectivity index (χ2n) is 5.00. The highest BCUT2D eigenvalue weighted by atomic mass is 19.1. The highest BCUT2D eigenvalue weighted by Crippen LogP contribution is 2.10. The first kappa shape index (κ1) is 17.4. The number of amides is 2. The van der Waals surface area contributed by atoms with Gasteiger partial charge in [0.1, 0.15) is 5.82 Å². The lowest BCUT2D eigenvalue weighted by Gasteiger charge is -2.10. The molecule has 2 aromatic rings. The molecule has 0 aliphatic carbocycles. The number of halogens is 1. The highest BCUT2D eigenvalue weighted by Gasteiger charge is 2.07. The molecule has 5 nitrogen and oxygen atoms in total. The van der Waals surface area contributed by atoms with Gasteiger partial charge in [0.15, 0.2) is 0 Å². The number of carbonyl (C=O) groups excluding carboxylic acids is 2. The first-order valence-electron chi connectivity index (χ1n) is 7.30. The second-order valence-corrected chi connectivity index (χ2v) is 5.00. The molecule has 0 saturated carbocycles. The monoisotopic (exact) mass is 328 g/mol. The SMILES string of the molecule is O=C(/C=C/C(=O)Nc1ccc(F)cc1)NCC(O)c1ccccc1. The fourth-order valence-corrected chi connectivity index (χ4v) is 1.92. The van der Waals surface area contributed by atoms with Crippen LogP contribution in [-0.4, -0.2) is 23.5 Å². The van der Waals surface area contributed by atoms with Gasteiger partial charge < -0.3 is 15.7 Å². The van der Waals surface area contributed by atoms with Crippen LogP contribution >= 0.6 is 0 Å². The van der Waals surface area contributed by atoms with E-state index in [1.165, 1.54) is 24.3 Å². The molecule has 3 N–H and O–H groups in total. The minimum atomic E-state index is -0.823. The molecule has 6 heteroatoms. The standard InChI is InChI=1S/C18H17FN2O3/c19-14-6-8-15(9-7-14)21-18(24)11-10-17(23)20-12-16(22)13-4-2-1-3-5-13/h1-11,16,22H,12H2,(H,20,23)(H,21,24)/b11-10+. The minimum Gasteiger partial charge on any atom is -0.387 e. The Labute approximate surface area is 138 Å². The molecule has 0 aromatic heterocycles. The third-order valence-corrected chi connectivity index (χ3v) is 3.15. The average Bonchev–Trinajstić information content (AvgIpc) is 2.60. The van der Waals surface area contributed by atoms with E-state index in [2.05, 4.69) is 10.6 Å². The predicted octanol–water partition coefficient (Wildman–Crippen LogP) is 2.17. The number of aliphatic hydroxyl groups excluding tert-OH is 1. The van der Waals surface area contributed by atoms with Gasteiger partial charge >= 0.3 is 0 Å². The smallest absolute Gasteiger partial charge is 0.248 e. The molecule has 1 atom stereocenters. The molecule has 24 heavy (non-hydrogen) atoms. The average molecular weight is 328 g/mol. The molecule has 1 unspecified atom stereocenters. The molecule has 0 aliphatic rings. The van der Waals surface area contributed by atoms with Gasteiger partial charge in [0, 0.05) is 24.4 Å². The van der Waals surface area contributed by atoms with Gasteiger partial charge in [0.05, 0.1) is 6.10 Å². The number of benzene rings is 2. The van der Waals surface area contributed by atoms with E-state index in [-0.39, 0.29) is 6.54 Å².